The molecule has 2 heteroatoms. The summed E-state index contributed by atoms with van der Waals surface area (Å²) in [5, 5.41) is 4.04. The lowest BCUT2D eigenvalue weighted by Crippen LogP contribution is -2.27. The molecule has 0 aliphatic carbocycles. The van der Waals surface area contributed by atoms with E-state index in [0.717, 1.165) is 5.02 Å². The summed E-state index contributed by atoms with van der Waals surface area (Å²) in [5.74, 6) is 2.64. The van der Waals surface area contributed by atoms with Crippen LogP contribution in [-0.4, -0.2) is 6.04 Å². The van der Waals surface area contributed by atoms with Gasteiger partial charge in [-0.2, -0.15) is 0 Å². The Bertz CT molecular complexity index is 323. The molecule has 0 aromatic heterocycles. The zero-order chi connectivity index (χ0) is 10.6. The van der Waals surface area contributed by atoms with Gasteiger partial charge in [-0.15, -0.1) is 6.42 Å². The molecule has 1 nitrogen and oxygen atoms in total. The molecule has 1 aromatic rings. The van der Waals surface area contributed by atoms with Crippen molar-refractivity contribution in [1.82, 2.24) is 5.32 Å². The minimum atomic E-state index is 0.0840. The molecule has 14 heavy (non-hydrogen) atoms. The molecule has 1 rings (SSSR count). The van der Waals surface area contributed by atoms with Crippen LogP contribution in [0.3, 0.4) is 0 Å². The summed E-state index contributed by atoms with van der Waals surface area (Å²) in [6.07, 6.45) is 5.29. The largest absolute Gasteiger partial charge is 0.297 e. The lowest BCUT2D eigenvalue weighted by atomic mass is 10.1. The summed E-state index contributed by atoms with van der Waals surface area (Å²) >= 11 is 5.80. The molecular formula is C12H14ClN. The Morgan fingerprint density at radius 2 is 1.86 bits per heavy atom. The minimum absolute atomic E-state index is 0.0840. The third-order valence-corrected chi connectivity index (χ3v) is 2.37. The van der Waals surface area contributed by atoms with Crippen molar-refractivity contribution < 1.29 is 0 Å². The van der Waals surface area contributed by atoms with Crippen LogP contribution in [0.15, 0.2) is 24.3 Å². The van der Waals surface area contributed by atoms with E-state index in [4.69, 9.17) is 18.0 Å². The van der Waals surface area contributed by atoms with Crippen LogP contribution in [0.1, 0.15) is 25.5 Å². The fourth-order valence-corrected chi connectivity index (χ4v) is 1.40. The van der Waals surface area contributed by atoms with Gasteiger partial charge in [0.25, 0.3) is 0 Å². The van der Waals surface area contributed by atoms with Crippen LogP contribution in [0.25, 0.3) is 0 Å². The third-order valence-electron chi connectivity index (χ3n) is 2.12. The molecule has 0 spiro atoms. The molecule has 2 atom stereocenters. The van der Waals surface area contributed by atoms with E-state index in [1.165, 1.54) is 5.56 Å². The summed E-state index contributed by atoms with van der Waals surface area (Å²) in [6, 6.07) is 8.11. The van der Waals surface area contributed by atoms with Crippen molar-refractivity contribution >= 4 is 11.6 Å². The van der Waals surface area contributed by atoms with Gasteiger partial charge in [-0.1, -0.05) is 29.7 Å². The minimum Gasteiger partial charge on any atom is -0.297 e. The SMILES string of the molecule is C#CC(C)N[C@@H](C)c1ccc(Cl)cc1. The molecule has 0 aliphatic heterocycles. The van der Waals surface area contributed by atoms with E-state index >= 15 is 0 Å². The first kappa shape index (κ1) is 11.1. The first-order valence-corrected chi connectivity index (χ1v) is 4.99. The predicted molar refractivity (Wildman–Crippen MR) is 61.3 cm³/mol. The zero-order valence-electron chi connectivity index (χ0n) is 8.42. The molecule has 0 radical (unpaired) electrons. The topological polar surface area (TPSA) is 12.0 Å². The molecule has 0 aliphatic rings. The maximum absolute atomic E-state index is 5.80. The number of nitrogens with one attached hydrogen (secondary N) is 1. The predicted octanol–water partition coefficient (Wildman–Crippen LogP) is 3.01. The lowest BCUT2D eigenvalue weighted by Gasteiger charge is -2.16. The van der Waals surface area contributed by atoms with Crippen LogP contribution in [-0.2, 0) is 0 Å². The maximum Gasteiger partial charge on any atom is 0.0662 e. The Labute approximate surface area is 90.5 Å². The first-order valence-electron chi connectivity index (χ1n) is 4.61. The van der Waals surface area contributed by atoms with Gasteiger partial charge in [0.15, 0.2) is 0 Å². The van der Waals surface area contributed by atoms with Gasteiger partial charge in [-0.3, -0.25) is 5.32 Å². The van der Waals surface area contributed by atoms with E-state index in [0.29, 0.717) is 0 Å². The quantitative estimate of drug-likeness (QED) is 0.752. The number of halogens is 1. The molecule has 1 aromatic carbocycles. The van der Waals surface area contributed by atoms with Crippen molar-refractivity contribution in [3.05, 3.63) is 34.9 Å². The number of hydrogen-bond donors (Lipinski definition) is 1. The fourth-order valence-electron chi connectivity index (χ4n) is 1.27. The van der Waals surface area contributed by atoms with Gasteiger partial charge in [0.05, 0.1) is 6.04 Å². The van der Waals surface area contributed by atoms with Crippen LogP contribution in [0, 0.1) is 12.3 Å². The second-order valence-electron chi connectivity index (χ2n) is 3.33. The molecule has 0 fully saturated rings. The van der Waals surface area contributed by atoms with Crippen LogP contribution < -0.4 is 5.32 Å². The van der Waals surface area contributed by atoms with Crippen molar-refractivity contribution in [3.63, 3.8) is 0 Å². The van der Waals surface area contributed by atoms with Crippen molar-refractivity contribution in [1.29, 1.82) is 0 Å². The molecule has 0 heterocycles. The highest BCUT2D eigenvalue weighted by Gasteiger charge is 2.06. The van der Waals surface area contributed by atoms with Crippen molar-refractivity contribution in [2.45, 2.75) is 25.9 Å². The van der Waals surface area contributed by atoms with E-state index in [1.54, 1.807) is 0 Å². The zero-order valence-corrected chi connectivity index (χ0v) is 9.18. The van der Waals surface area contributed by atoms with E-state index in [2.05, 4.69) is 18.2 Å². The van der Waals surface area contributed by atoms with E-state index in [9.17, 15) is 0 Å². The summed E-state index contributed by atoms with van der Waals surface area (Å²) in [6.45, 7) is 4.05. The Morgan fingerprint density at radius 1 is 1.29 bits per heavy atom. The van der Waals surface area contributed by atoms with E-state index in [1.807, 2.05) is 31.2 Å². The van der Waals surface area contributed by atoms with Gasteiger partial charge < -0.3 is 0 Å². The van der Waals surface area contributed by atoms with Crippen molar-refractivity contribution in [2.24, 2.45) is 0 Å². The molecule has 1 unspecified atom stereocenters. The van der Waals surface area contributed by atoms with Gasteiger partial charge in [-0.25, -0.2) is 0 Å². The van der Waals surface area contributed by atoms with E-state index < -0.39 is 0 Å². The Balaban J connectivity index is 2.66. The molecule has 0 saturated heterocycles. The number of terminal acetylenes is 1. The molecule has 1 N–H and O–H groups in total. The molecular weight excluding hydrogens is 194 g/mol. The molecule has 0 amide bonds. The first-order chi connectivity index (χ1) is 6.63. The van der Waals surface area contributed by atoms with Crippen LogP contribution in [0.2, 0.25) is 5.02 Å². The summed E-state index contributed by atoms with van der Waals surface area (Å²) in [5.41, 5.74) is 1.19. The van der Waals surface area contributed by atoms with Gasteiger partial charge in [0.2, 0.25) is 0 Å². The second-order valence-corrected chi connectivity index (χ2v) is 3.76. The number of benzene rings is 1. The third kappa shape index (κ3) is 3.06. The Hall–Kier alpha value is -0.970. The average Bonchev–Trinajstić information content (AvgIpc) is 2.18. The van der Waals surface area contributed by atoms with Gasteiger partial charge in [0.1, 0.15) is 0 Å². The summed E-state index contributed by atoms with van der Waals surface area (Å²) in [4.78, 5) is 0. The standard InChI is InChI=1S/C12H14ClN/c1-4-9(2)14-10(3)11-5-7-12(13)8-6-11/h1,5-10,14H,2-3H3/t9?,10-/m0/s1. The normalized spacial score (nSPS) is 14.4. The van der Waals surface area contributed by atoms with Crippen LogP contribution in [0.5, 0.6) is 0 Å². The lowest BCUT2D eigenvalue weighted by molar-refractivity contribution is 0.546. The second kappa shape index (κ2) is 5.05. The number of rotatable bonds is 3. The fraction of sp³-hybridized carbons (Fsp3) is 0.333. The highest BCUT2D eigenvalue weighted by molar-refractivity contribution is 6.30. The monoisotopic (exact) mass is 207 g/mol. The molecule has 0 saturated carbocycles. The van der Waals surface area contributed by atoms with Crippen molar-refractivity contribution in [2.75, 3.05) is 0 Å². The van der Waals surface area contributed by atoms with E-state index in [-0.39, 0.29) is 12.1 Å². The molecule has 0 bridgehead atoms. The smallest absolute Gasteiger partial charge is 0.0662 e. The van der Waals surface area contributed by atoms with Crippen LogP contribution in [0.4, 0.5) is 0 Å². The maximum atomic E-state index is 5.80. The highest BCUT2D eigenvalue weighted by atomic mass is 35.5. The van der Waals surface area contributed by atoms with Gasteiger partial charge in [-0.05, 0) is 31.5 Å². The summed E-state index contributed by atoms with van der Waals surface area (Å²) in [7, 11) is 0. The Kier molecular flexibility index (Phi) is 4.00. The van der Waals surface area contributed by atoms with Crippen LogP contribution >= 0.6 is 11.6 Å². The van der Waals surface area contributed by atoms with Gasteiger partial charge in [0, 0.05) is 11.1 Å². The number of hydrogen-bond acceptors (Lipinski definition) is 1. The molecule has 74 valence electrons. The average molecular weight is 208 g/mol. The van der Waals surface area contributed by atoms with Gasteiger partial charge >= 0.3 is 0 Å². The highest BCUT2D eigenvalue weighted by Crippen LogP contribution is 2.16. The van der Waals surface area contributed by atoms with Crippen molar-refractivity contribution in [3.8, 4) is 12.3 Å². The summed E-state index contributed by atoms with van der Waals surface area (Å²) < 4.78 is 0. The Morgan fingerprint density at radius 3 is 2.36 bits per heavy atom.